The maximum atomic E-state index is 12.3. The summed E-state index contributed by atoms with van der Waals surface area (Å²) in [5.74, 6) is -2.00. The Hall–Kier alpha value is -2.11. The highest BCUT2D eigenvalue weighted by Crippen LogP contribution is 2.18. The molecule has 120 valence electrons. The van der Waals surface area contributed by atoms with Gasteiger partial charge in [0.2, 0.25) is 0 Å². The van der Waals surface area contributed by atoms with Crippen LogP contribution in [0.2, 0.25) is 0 Å². The summed E-state index contributed by atoms with van der Waals surface area (Å²) in [4.78, 5) is 38.3. The Morgan fingerprint density at radius 3 is 2.55 bits per heavy atom. The van der Waals surface area contributed by atoms with Crippen molar-refractivity contribution in [1.82, 2.24) is 10.3 Å². The van der Waals surface area contributed by atoms with Crippen LogP contribution in [-0.2, 0) is 17.6 Å². The fourth-order valence-electron chi connectivity index (χ4n) is 2.75. The molecular weight excluding hydrogens is 284 g/mol. The van der Waals surface area contributed by atoms with Crippen LogP contribution in [0.1, 0.15) is 54.7 Å². The first-order chi connectivity index (χ1) is 10.4. The summed E-state index contributed by atoms with van der Waals surface area (Å²) in [5, 5.41) is 11.6. The highest BCUT2D eigenvalue weighted by atomic mass is 16.4. The van der Waals surface area contributed by atoms with E-state index in [1.807, 2.05) is 0 Å². The van der Waals surface area contributed by atoms with Crippen molar-refractivity contribution >= 4 is 11.9 Å². The van der Waals surface area contributed by atoms with Gasteiger partial charge in [-0.1, -0.05) is 20.3 Å². The van der Waals surface area contributed by atoms with E-state index in [-0.39, 0.29) is 11.5 Å². The molecule has 0 saturated carbocycles. The van der Waals surface area contributed by atoms with Crippen LogP contribution in [0, 0.1) is 5.92 Å². The lowest BCUT2D eigenvalue weighted by Crippen LogP contribution is -2.45. The summed E-state index contributed by atoms with van der Waals surface area (Å²) in [6.07, 6.45) is 4.81. The zero-order chi connectivity index (χ0) is 16.3. The molecule has 2 rings (SSSR count). The van der Waals surface area contributed by atoms with E-state index in [1.165, 1.54) is 0 Å². The van der Waals surface area contributed by atoms with Gasteiger partial charge in [0, 0.05) is 5.69 Å². The predicted molar refractivity (Wildman–Crippen MR) is 82.0 cm³/mol. The second-order valence-corrected chi connectivity index (χ2v) is 6.11. The zero-order valence-corrected chi connectivity index (χ0v) is 12.9. The average Bonchev–Trinajstić information content (AvgIpc) is 2.67. The molecule has 6 heteroatoms. The maximum absolute atomic E-state index is 12.3. The Labute approximate surface area is 128 Å². The highest BCUT2D eigenvalue weighted by molar-refractivity contribution is 5.96. The first-order valence-electron chi connectivity index (χ1n) is 7.69. The molecule has 0 spiro atoms. The van der Waals surface area contributed by atoms with Gasteiger partial charge in [-0.3, -0.25) is 9.59 Å². The summed E-state index contributed by atoms with van der Waals surface area (Å²) in [5.41, 5.74) is 1.43. The lowest BCUT2D eigenvalue weighted by Gasteiger charge is -2.18. The van der Waals surface area contributed by atoms with Crippen molar-refractivity contribution in [3.8, 4) is 0 Å². The first-order valence-corrected chi connectivity index (χ1v) is 7.69. The van der Waals surface area contributed by atoms with Gasteiger partial charge in [-0.2, -0.15) is 0 Å². The highest BCUT2D eigenvalue weighted by Gasteiger charge is 2.25. The molecule has 1 aromatic heterocycles. The van der Waals surface area contributed by atoms with Crippen molar-refractivity contribution in [2.75, 3.05) is 0 Å². The van der Waals surface area contributed by atoms with E-state index in [9.17, 15) is 14.4 Å². The minimum absolute atomic E-state index is 0.00690. The maximum Gasteiger partial charge on any atom is 0.326 e. The topological polar surface area (TPSA) is 99.3 Å². The number of carbonyl (C=O) groups is 2. The Kier molecular flexibility index (Phi) is 5.00. The number of aromatic nitrogens is 1. The number of carbonyl (C=O) groups excluding carboxylic acids is 1. The van der Waals surface area contributed by atoms with Crippen molar-refractivity contribution in [2.24, 2.45) is 5.92 Å². The van der Waals surface area contributed by atoms with Crippen LogP contribution in [0.5, 0.6) is 0 Å². The van der Waals surface area contributed by atoms with E-state index in [0.29, 0.717) is 0 Å². The van der Waals surface area contributed by atoms with Crippen LogP contribution < -0.4 is 10.9 Å². The third-order valence-electron chi connectivity index (χ3n) is 4.05. The van der Waals surface area contributed by atoms with E-state index in [0.717, 1.165) is 43.4 Å². The van der Waals surface area contributed by atoms with E-state index in [4.69, 9.17) is 5.11 Å². The third kappa shape index (κ3) is 3.55. The van der Waals surface area contributed by atoms with Gasteiger partial charge in [0.15, 0.2) is 0 Å². The van der Waals surface area contributed by atoms with Gasteiger partial charge in [0.05, 0.1) is 0 Å². The monoisotopic (exact) mass is 306 g/mol. The quantitative estimate of drug-likeness (QED) is 0.734. The predicted octanol–water partition coefficient (Wildman–Crippen LogP) is 1.48. The molecule has 1 unspecified atom stereocenters. The number of hydrogen-bond acceptors (Lipinski definition) is 3. The molecule has 0 aliphatic heterocycles. The molecule has 1 aromatic rings. The van der Waals surface area contributed by atoms with Crippen molar-refractivity contribution in [1.29, 1.82) is 0 Å². The molecule has 22 heavy (non-hydrogen) atoms. The fraction of sp³-hybridized carbons (Fsp3) is 0.562. The van der Waals surface area contributed by atoms with E-state index in [1.54, 1.807) is 19.9 Å². The van der Waals surface area contributed by atoms with E-state index >= 15 is 0 Å². The smallest absolute Gasteiger partial charge is 0.326 e. The molecule has 0 bridgehead atoms. The van der Waals surface area contributed by atoms with Crippen LogP contribution in [0.4, 0.5) is 0 Å². The molecule has 1 aliphatic carbocycles. The number of pyridine rings is 1. The lowest BCUT2D eigenvalue weighted by molar-refractivity contribution is -0.140. The largest absolute Gasteiger partial charge is 0.480 e. The average molecular weight is 306 g/mol. The molecular formula is C16H22N2O4. The van der Waals surface area contributed by atoms with E-state index < -0.39 is 23.5 Å². The Balaban J connectivity index is 2.28. The van der Waals surface area contributed by atoms with Crippen LogP contribution in [0.25, 0.3) is 0 Å². The van der Waals surface area contributed by atoms with Crippen LogP contribution >= 0.6 is 0 Å². The number of nitrogens with one attached hydrogen (secondary N) is 2. The standard InChI is InChI=1S/C16H22N2O4/c1-9(2)13(16(21)22)18-15(20)11-8-10-6-4-3-5-7-12(10)17-14(11)19/h8-9,13H,3-7H2,1-2H3,(H,17,19)(H,18,20)(H,21,22). The molecule has 1 atom stereocenters. The SMILES string of the molecule is CC(C)C(NC(=O)c1cc2c([nH]c1=O)CCCCC2)C(=O)O. The van der Waals surface area contributed by atoms with Crippen molar-refractivity contribution in [3.05, 3.63) is 33.2 Å². The van der Waals surface area contributed by atoms with Gasteiger partial charge >= 0.3 is 5.97 Å². The molecule has 0 aromatic carbocycles. The summed E-state index contributed by atoms with van der Waals surface area (Å²) in [6, 6.07) is 0.611. The second kappa shape index (κ2) is 6.77. The number of aryl methyl sites for hydroxylation is 2. The molecule has 1 heterocycles. The first kappa shape index (κ1) is 16.3. The molecule has 0 fully saturated rings. The van der Waals surface area contributed by atoms with Gasteiger partial charge in [0.1, 0.15) is 11.6 Å². The number of fused-ring (bicyclic) bond motifs is 1. The number of amides is 1. The number of aromatic amines is 1. The van der Waals surface area contributed by atoms with E-state index in [2.05, 4.69) is 10.3 Å². The summed E-state index contributed by atoms with van der Waals surface area (Å²) in [6.45, 7) is 3.42. The molecule has 6 nitrogen and oxygen atoms in total. The Morgan fingerprint density at radius 1 is 1.23 bits per heavy atom. The van der Waals surface area contributed by atoms with Gasteiger partial charge in [-0.05, 0) is 43.2 Å². The van der Waals surface area contributed by atoms with Crippen LogP contribution in [-0.4, -0.2) is 28.0 Å². The van der Waals surface area contributed by atoms with Gasteiger partial charge < -0.3 is 15.4 Å². The number of carboxylic acids is 1. The van der Waals surface area contributed by atoms with Crippen molar-refractivity contribution < 1.29 is 14.7 Å². The minimum atomic E-state index is -1.10. The zero-order valence-electron chi connectivity index (χ0n) is 12.9. The van der Waals surface area contributed by atoms with Gasteiger partial charge in [0.25, 0.3) is 11.5 Å². The summed E-state index contributed by atoms with van der Waals surface area (Å²) < 4.78 is 0. The lowest BCUT2D eigenvalue weighted by atomic mass is 10.0. The Morgan fingerprint density at radius 2 is 1.91 bits per heavy atom. The third-order valence-corrected chi connectivity index (χ3v) is 4.05. The molecule has 0 radical (unpaired) electrons. The van der Waals surface area contributed by atoms with Gasteiger partial charge in [-0.15, -0.1) is 0 Å². The summed E-state index contributed by atoms with van der Waals surface area (Å²) >= 11 is 0. The van der Waals surface area contributed by atoms with Crippen molar-refractivity contribution in [2.45, 2.75) is 52.0 Å². The van der Waals surface area contributed by atoms with Gasteiger partial charge in [-0.25, -0.2) is 4.79 Å². The fourth-order valence-corrected chi connectivity index (χ4v) is 2.75. The number of carboxylic acid groups (broad SMARTS) is 1. The number of rotatable bonds is 4. The normalized spacial score (nSPS) is 15.8. The Bertz CT molecular complexity index is 634. The van der Waals surface area contributed by atoms with Crippen LogP contribution in [0.3, 0.4) is 0 Å². The molecule has 0 saturated heterocycles. The van der Waals surface area contributed by atoms with Crippen molar-refractivity contribution in [3.63, 3.8) is 0 Å². The minimum Gasteiger partial charge on any atom is -0.480 e. The molecule has 1 aliphatic rings. The molecule has 1 amide bonds. The number of H-pyrrole nitrogens is 1. The summed E-state index contributed by atoms with van der Waals surface area (Å²) in [7, 11) is 0. The van der Waals surface area contributed by atoms with Crippen LogP contribution in [0.15, 0.2) is 10.9 Å². The molecule has 3 N–H and O–H groups in total. The number of aliphatic carboxylic acids is 1. The number of hydrogen-bond donors (Lipinski definition) is 3. The second-order valence-electron chi connectivity index (χ2n) is 6.11.